The van der Waals surface area contributed by atoms with Crippen LogP contribution in [0.5, 0.6) is 0 Å². The topological polar surface area (TPSA) is 58.8 Å². The zero-order valence-corrected chi connectivity index (χ0v) is 12.4. The second-order valence-corrected chi connectivity index (χ2v) is 4.08. The molecule has 0 spiro atoms. The van der Waals surface area contributed by atoms with Crippen LogP contribution in [0.15, 0.2) is 0 Å². The van der Waals surface area contributed by atoms with Gasteiger partial charge in [0.15, 0.2) is 0 Å². The van der Waals surface area contributed by atoms with Crippen molar-refractivity contribution < 1.29 is 18.3 Å². The van der Waals surface area contributed by atoms with Crippen LogP contribution >= 0.6 is 24.8 Å². The Morgan fingerprint density at radius 3 is 2.21 bits per heavy atom. The maximum atomic E-state index is 12.1. The van der Waals surface area contributed by atoms with Crippen molar-refractivity contribution in [2.24, 2.45) is 5.73 Å². The summed E-state index contributed by atoms with van der Waals surface area (Å²) in [7, 11) is 1.48. The van der Waals surface area contributed by atoms with Crippen molar-refractivity contribution >= 4 is 30.7 Å². The van der Waals surface area contributed by atoms with Crippen LogP contribution in [0.3, 0.4) is 0 Å². The number of carbonyl (C=O) groups excluding carboxylic acids is 1. The lowest BCUT2D eigenvalue weighted by molar-refractivity contribution is -0.135. The monoisotopic (exact) mass is 323 g/mol. The number of amides is 1. The highest BCUT2D eigenvalue weighted by atomic mass is 35.5. The van der Waals surface area contributed by atoms with Crippen LogP contribution in [0.1, 0.15) is 0 Å². The van der Waals surface area contributed by atoms with E-state index in [4.69, 9.17) is 10.5 Å². The number of halogens is 4. The van der Waals surface area contributed by atoms with Crippen LogP contribution in [0.25, 0.3) is 0 Å². The number of hydrogen-bond acceptors (Lipinski definition) is 4. The molecular formula is C10H21Cl2F2N3O2. The molecule has 1 atom stereocenters. The number of hydrogen-bond donors (Lipinski definition) is 1. The first kappa shape index (κ1) is 21.1. The molecule has 1 saturated heterocycles. The zero-order valence-electron chi connectivity index (χ0n) is 10.8. The number of alkyl halides is 2. The molecule has 1 aliphatic heterocycles. The Hall–Kier alpha value is -0.210. The molecule has 1 unspecified atom stereocenters. The average Bonchev–Trinajstić information content (AvgIpc) is 2.28. The Morgan fingerprint density at radius 2 is 1.79 bits per heavy atom. The van der Waals surface area contributed by atoms with Crippen molar-refractivity contribution in [3.63, 3.8) is 0 Å². The number of methoxy groups -OCH3 is 1. The van der Waals surface area contributed by atoms with E-state index in [0.717, 1.165) is 0 Å². The lowest BCUT2D eigenvalue weighted by atomic mass is 10.2. The quantitative estimate of drug-likeness (QED) is 0.786. The van der Waals surface area contributed by atoms with E-state index in [1.54, 1.807) is 9.80 Å². The predicted octanol–water partition coefficient (Wildman–Crippen LogP) is 0.213. The smallest absolute Gasteiger partial charge is 0.251 e. The van der Waals surface area contributed by atoms with Gasteiger partial charge in [-0.15, -0.1) is 24.8 Å². The number of ether oxygens (including phenoxy) is 1. The van der Waals surface area contributed by atoms with Crippen LogP contribution in [0.2, 0.25) is 0 Å². The Labute approximate surface area is 124 Å². The normalized spacial score (nSPS) is 17.6. The molecule has 1 amide bonds. The lowest BCUT2D eigenvalue weighted by Crippen LogP contribution is -2.54. The Balaban J connectivity index is 0. The summed E-state index contributed by atoms with van der Waals surface area (Å²) in [5.41, 5.74) is 5.62. The molecule has 1 fully saturated rings. The summed E-state index contributed by atoms with van der Waals surface area (Å²) >= 11 is 0. The van der Waals surface area contributed by atoms with Crippen molar-refractivity contribution in [2.45, 2.75) is 12.5 Å². The third-order valence-electron chi connectivity index (χ3n) is 2.74. The van der Waals surface area contributed by atoms with E-state index >= 15 is 0 Å². The molecule has 0 radical (unpaired) electrons. The summed E-state index contributed by atoms with van der Waals surface area (Å²) in [5, 5.41) is 0. The minimum atomic E-state index is -2.33. The maximum Gasteiger partial charge on any atom is 0.251 e. The molecule has 2 N–H and O–H groups in total. The maximum absolute atomic E-state index is 12.1. The Bertz CT molecular complexity index is 255. The number of carbonyl (C=O) groups is 1. The molecule has 0 aliphatic carbocycles. The van der Waals surface area contributed by atoms with Gasteiger partial charge in [0.2, 0.25) is 5.91 Å². The van der Waals surface area contributed by atoms with E-state index < -0.39 is 12.5 Å². The van der Waals surface area contributed by atoms with Gasteiger partial charge in [-0.1, -0.05) is 0 Å². The van der Waals surface area contributed by atoms with Gasteiger partial charge >= 0.3 is 0 Å². The number of rotatable bonds is 5. The Morgan fingerprint density at radius 1 is 1.26 bits per heavy atom. The lowest BCUT2D eigenvalue weighted by Gasteiger charge is -2.35. The molecular weight excluding hydrogens is 303 g/mol. The van der Waals surface area contributed by atoms with Crippen LogP contribution in [-0.4, -0.2) is 74.6 Å². The first-order chi connectivity index (χ1) is 8.04. The fourth-order valence-electron chi connectivity index (χ4n) is 1.83. The van der Waals surface area contributed by atoms with Gasteiger partial charge < -0.3 is 15.4 Å². The number of nitrogens with two attached hydrogens (primary N) is 1. The summed E-state index contributed by atoms with van der Waals surface area (Å²) in [6, 6.07) is -0.665. The van der Waals surface area contributed by atoms with Crippen LogP contribution in [0, 0.1) is 0 Å². The minimum Gasteiger partial charge on any atom is -0.383 e. The molecule has 19 heavy (non-hydrogen) atoms. The zero-order chi connectivity index (χ0) is 12.8. The first-order valence-corrected chi connectivity index (χ1v) is 5.58. The molecule has 5 nitrogen and oxygen atoms in total. The van der Waals surface area contributed by atoms with E-state index in [1.807, 2.05) is 0 Å². The third-order valence-corrected chi connectivity index (χ3v) is 2.74. The number of nitrogens with zero attached hydrogens (tertiary/aromatic N) is 2. The predicted molar refractivity (Wildman–Crippen MR) is 73.4 cm³/mol. The van der Waals surface area contributed by atoms with E-state index in [2.05, 4.69) is 0 Å². The summed E-state index contributed by atoms with van der Waals surface area (Å²) < 4.78 is 29.1. The van der Waals surface area contributed by atoms with E-state index in [0.29, 0.717) is 26.2 Å². The van der Waals surface area contributed by atoms with E-state index in [1.165, 1.54) is 7.11 Å². The molecule has 1 heterocycles. The second-order valence-electron chi connectivity index (χ2n) is 4.08. The summed E-state index contributed by atoms with van der Waals surface area (Å²) in [6.45, 7) is 1.78. The minimum absolute atomic E-state index is 0. The summed E-state index contributed by atoms with van der Waals surface area (Å²) in [5.74, 6) is -0.177. The number of piperazine rings is 1. The molecule has 0 aromatic carbocycles. The Kier molecular flexibility index (Phi) is 11.7. The fourth-order valence-corrected chi connectivity index (χ4v) is 1.83. The van der Waals surface area contributed by atoms with Crippen LogP contribution < -0.4 is 5.73 Å². The van der Waals surface area contributed by atoms with Gasteiger partial charge in [-0.3, -0.25) is 9.69 Å². The van der Waals surface area contributed by atoms with Crippen LogP contribution in [-0.2, 0) is 9.53 Å². The first-order valence-electron chi connectivity index (χ1n) is 5.58. The van der Waals surface area contributed by atoms with Crippen molar-refractivity contribution in [3.05, 3.63) is 0 Å². The van der Waals surface area contributed by atoms with E-state index in [-0.39, 0.29) is 43.9 Å². The van der Waals surface area contributed by atoms with Crippen molar-refractivity contribution in [1.82, 2.24) is 9.80 Å². The van der Waals surface area contributed by atoms with Gasteiger partial charge in [-0.2, -0.15) is 0 Å². The highest BCUT2D eigenvalue weighted by Gasteiger charge is 2.25. The molecule has 9 heteroatoms. The van der Waals surface area contributed by atoms with Gasteiger partial charge in [-0.05, 0) is 0 Å². The van der Waals surface area contributed by atoms with Crippen LogP contribution in [0.4, 0.5) is 8.78 Å². The van der Waals surface area contributed by atoms with Gasteiger partial charge in [-0.25, -0.2) is 8.78 Å². The molecule has 1 aliphatic rings. The van der Waals surface area contributed by atoms with E-state index in [9.17, 15) is 13.6 Å². The molecule has 116 valence electrons. The highest BCUT2D eigenvalue weighted by Crippen LogP contribution is 2.06. The average molecular weight is 324 g/mol. The van der Waals surface area contributed by atoms with Crippen molar-refractivity contribution in [2.75, 3.05) is 46.4 Å². The fraction of sp³-hybridized carbons (Fsp3) is 0.900. The van der Waals surface area contributed by atoms with Gasteiger partial charge in [0.25, 0.3) is 6.43 Å². The summed E-state index contributed by atoms with van der Waals surface area (Å²) in [4.78, 5) is 15.0. The van der Waals surface area contributed by atoms with Gasteiger partial charge in [0, 0.05) is 33.3 Å². The summed E-state index contributed by atoms with van der Waals surface area (Å²) in [6.07, 6.45) is -2.33. The molecule has 0 aromatic heterocycles. The highest BCUT2D eigenvalue weighted by molar-refractivity contribution is 5.85. The largest absolute Gasteiger partial charge is 0.383 e. The second kappa shape index (κ2) is 10.6. The molecule has 0 aromatic rings. The molecule has 1 rings (SSSR count). The SMILES string of the molecule is COCC(N)C(=O)N1CCN(CC(F)F)CC1.Cl.Cl. The van der Waals surface area contributed by atoms with Gasteiger partial charge in [0.1, 0.15) is 6.04 Å². The van der Waals surface area contributed by atoms with Crippen molar-refractivity contribution in [3.8, 4) is 0 Å². The standard InChI is InChI=1S/C10H19F2N3O2.2ClH/c1-17-7-8(13)10(16)15-4-2-14(3-5-15)6-9(11)12;;/h8-9H,2-7,13H2,1H3;2*1H. The third kappa shape index (κ3) is 7.22. The molecule has 0 bridgehead atoms. The van der Waals surface area contributed by atoms with Crippen molar-refractivity contribution in [1.29, 1.82) is 0 Å². The molecule has 0 saturated carbocycles. The van der Waals surface area contributed by atoms with Gasteiger partial charge in [0.05, 0.1) is 13.2 Å².